The quantitative estimate of drug-likeness (QED) is 0.495. The zero-order chi connectivity index (χ0) is 22.8. The maximum atomic E-state index is 14.3. The maximum Gasteiger partial charge on any atom is 0.319 e. The number of pyridine rings is 1. The Bertz CT molecular complexity index is 1110. The van der Waals surface area contributed by atoms with E-state index in [1.54, 1.807) is 25.4 Å². The van der Waals surface area contributed by atoms with E-state index in [-0.39, 0.29) is 17.6 Å². The van der Waals surface area contributed by atoms with Gasteiger partial charge in [-0.1, -0.05) is 26.8 Å². The van der Waals surface area contributed by atoms with Crippen molar-refractivity contribution in [2.24, 2.45) is 5.41 Å². The van der Waals surface area contributed by atoms with Crippen LogP contribution in [0, 0.1) is 18.2 Å². The van der Waals surface area contributed by atoms with E-state index in [1.807, 2.05) is 33.8 Å². The number of aromatic nitrogens is 3. The lowest BCUT2D eigenvalue weighted by Gasteiger charge is -2.25. The topological polar surface area (TPSA) is 112 Å². The number of hydrogen-bond acceptors (Lipinski definition) is 6. The number of amides is 2. The van der Waals surface area contributed by atoms with Gasteiger partial charge in [-0.3, -0.25) is 0 Å². The fourth-order valence-electron chi connectivity index (χ4n) is 2.92. The molecule has 0 aliphatic carbocycles. The lowest BCUT2D eigenvalue weighted by molar-refractivity contribution is 0.0654. The first-order valence-corrected chi connectivity index (χ1v) is 9.93. The number of halogens is 1. The van der Waals surface area contributed by atoms with Crippen LogP contribution in [0.1, 0.15) is 26.5 Å². The number of nitrogens with one attached hydrogen (secondary N) is 3. The summed E-state index contributed by atoms with van der Waals surface area (Å²) in [6, 6.07) is 5.75. The smallest absolute Gasteiger partial charge is 0.319 e. The van der Waals surface area contributed by atoms with E-state index in [0.29, 0.717) is 22.9 Å². The van der Waals surface area contributed by atoms with E-state index >= 15 is 0 Å². The Morgan fingerprint density at radius 2 is 1.97 bits per heavy atom. The number of anilines is 2. The highest BCUT2D eigenvalue weighted by Crippen LogP contribution is 2.29. The molecule has 3 aromatic rings. The molecule has 2 aromatic heterocycles. The molecule has 2 heterocycles. The molecule has 0 aliphatic rings. The lowest BCUT2D eigenvalue weighted by Crippen LogP contribution is -2.41. The van der Waals surface area contributed by atoms with E-state index < -0.39 is 18.0 Å². The Balaban J connectivity index is 1.84. The van der Waals surface area contributed by atoms with Crippen LogP contribution in [0.2, 0.25) is 0 Å². The van der Waals surface area contributed by atoms with Crippen molar-refractivity contribution in [2.45, 2.75) is 33.8 Å². The molecule has 164 valence electrons. The SMILES string of the molecule is CNc1ncc2cc(-c3ccc(F)c(NC(=O)NCC(O)C(C)(C)C)c3)c(C)nc2n1. The fourth-order valence-corrected chi connectivity index (χ4v) is 2.92. The third-order valence-electron chi connectivity index (χ3n) is 4.96. The summed E-state index contributed by atoms with van der Waals surface area (Å²) in [7, 11) is 1.73. The second-order valence-corrected chi connectivity index (χ2v) is 8.39. The third kappa shape index (κ3) is 5.24. The van der Waals surface area contributed by atoms with Crippen molar-refractivity contribution in [3.05, 3.63) is 42.0 Å². The summed E-state index contributed by atoms with van der Waals surface area (Å²) in [5.74, 6) is -0.0910. The molecule has 0 bridgehead atoms. The molecular weight excluding hydrogens is 399 g/mol. The number of carbonyl (C=O) groups excluding carboxylic acids is 1. The standard InChI is InChI=1S/C22H27FN6O2/c1-12-15(8-14-10-25-20(24-5)29-19(14)27-12)13-6-7-16(23)17(9-13)28-21(31)26-11-18(30)22(2,3)4/h6-10,18,30H,11H2,1-5H3,(H2,26,28,31)(H,24,25,27,29). The molecule has 31 heavy (non-hydrogen) atoms. The van der Waals surface area contributed by atoms with Crippen molar-refractivity contribution >= 4 is 28.7 Å². The molecule has 0 spiro atoms. The van der Waals surface area contributed by atoms with Gasteiger partial charge in [-0.05, 0) is 36.1 Å². The number of aryl methyl sites for hydroxylation is 1. The zero-order valence-corrected chi connectivity index (χ0v) is 18.2. The highest BCUT2D eigenvalue weighted by molar-refractivity contribution is 5.91. The minimum absolute atomic E-state index is 0.0292. The fraction of sp³-hybridized carbons (Fsp3) is 0.364. The van der Waals surface area contributed by atoms with Crippen LogP contribution in [0.3, 0.4) is 0 Å². The molecule has 8 nitrogen and oxygen atoms in total. The predicted octanol–water partition coefficient (Wildman–Crippen LogP) is 3.71. The van der Waals surface area contributed by atoms with Crippen molar-refractivity contribution < 1.29 is 14.3 Å². The molecule has 0 saturated carbocycles. The van der Waals surface area contributed by atoms with Gasteiger partial charge in [-0.2, -0.15) is 4.98 Å². The molecule has 1 unspecified atom stereocenters. The number of rotatable bonds is 5. The van der Waals surface area contributed by atoms with Gasteiger partial charge in [-0.15, -0.1) is 0 Å². The van der Waals surface area contributed by atoms with Crippen LogP contribution in [0.15, 0.2) is 30.5 Å². The van der Waals surface area contributed by atoms with Crippen LogP contribution in [-0.2, 0) is 0 Å². The van der Waals surface area contributed by atoms with Gasteiger partial charge in [0.15, 0.2) is 5.65 Å². The van der Waals surface area contributed by atoms with Crippen LogP contribution in [-0.4, -0.2) is 45.8 Å². The molecule has 3 rings (SSSR count). The second kappa shape index (κ2) is 8.81. The molecule has 4 N–H and O–H groups in total. The summed E-state index contributed by atoms with van der Waals surface area (Å²) in [6.45, 7) is 7.49. The predicted molar refractivity (Wildman–Crippen MR) is 119 cm³/mol. The molecule has 1 atom stereocenters. The second-order valence-electron chi connectivity index (χ2n) is 8.39. The Hall–Kier alpha value is -3.33. The number of urea groups is 1. The Kier molecular flexibility index (Phi) is 6.35. The molecular formula is C22H27FN6O2. The summed E-state index contributed by atoms with van der Waals surface area (Å²) < 4.78 is 14.3. The highest BCUT2D eigenvalue weighted by atomic mass is 19.1. The van der Waals surface area contributed by atoms with Gasteiger partial charge in [-0.25, -0.2) is 19.2 Å². The largest absolute Gasteiger partial charge is 0.391 e. The van der Waals surface area contributed by atoms with E-state index in [1.165, 1.54) is 6.07 Å². The van der Waals surface area contributed by atoms with Crippen LogP contribution < -0.4 is 16.0 Å². The Morgan fingerprint density at radius 1 is 1.23 bits per heavy atom. The normalized spacial score (nSPS) is 12.5. The van der Waals surface area contributed by atoms with Gasteiger partial charge in [0.2, 0.25) is 5.95 Å². The van der Waals surface area contributed by atoms with E-state index in [4.69, 9.17) is 0 Å². The Labute approximate surface area is 180 Å². The first-order chi connectivity index (χ1) is 14.6. The number of nitrogens with zero attached hydrogens (tertiary/aromatic N) is 3. The van der Waals surface area contributed by atoms with E-state index in [9.17, 15) is 14.3 Å². The zero-order valence-electron chi connectivity index (χ0n) is 18.2. The summed E-state index contributed by atoms with van der Waals surface area (Å²) in [6.07, 6.45) is 0.937. The number of benzene rings is 1. The maximum absolute atomic E-state index is 14.3. The van der Waals surface area contributed by atoms with Crippen molar-refractivity contribution in [3.8, 4) is 11.1 Å². The molecule has 0 radical (unpaired) electrons. The number of hydrogen-bond donors (Lipinski definition) is 4. The lowest BCUT2D eigenvalue weighted by atomic mass is 9.89. The average molecular weight is 426 g/mol. The molecule has 0 fully saturated rings. The summed E-state index contributed by atoms with van der Waals surface area (Å²) in [5.41, 5.74) is 2.38. The van der Waals surface area contributed by atoms with Crippen LogP contribution in [0.25, 0.3) is 22.2 Å². The van der Waals surface area contributed by atoms with Gasteiger partial charge < -0.3 is 21.1 Å². The summed E-state index contributed by atoms with van der Waals surface area (Å²) in [5, 5.41) is 18.8. The van der Waals surface area contributed by atoms with Gasteiger partial charge in [0.05, 0.1) is 11.8 Å². The number of fused-ring (bicyclic) bond motifs is 1. The third-order valence-corrected chi connectivity index (χ3v) is 4.96. The van der Waals surface area contributed by atoms with Crippen molar-refractivity contribution in [1.29, 1.82) is 0 Å². The Morgan fingerprint density at radius 3 is 2.65 bits per heavy atom. The minimum atomic E-state index is -0.730. The van der Waals surface area contributed by atoms with Crippen molar-refractivity contribution in [3.63, 3.8) is 0 Å². The van der Waals surface area contributed by atoms with E-state index in [0.717, 1.165) is 10.9 Å². The molecule has 1 aromatic carbocycles. The first-order valence-electron chi connectivity index (χ1n) is 9.93. The van der Waals surface area contributed by atoms with Crippen LogP contribution in [0.4, 0.5) is 20.8 Å². The van der Waals surface area contributed by atoms with Crippen LogP contribution >= 0.6 is 0 Å². The monoisotopic (exact) mass is 426 g/mol. The molecule has 9 heteroatoms. The minimum Gasteiger partial charge on any atom is -0.391 e. The van der Waals surface area contributed by atoms with Gasteiger partial charge in [0, 0.05) is 36.4 Å². The molecule has 2 amide bonds. The van der Waals surface area contributed by atoms with Gasteiger partial charge in [0.1, 0.15) is 5.82 Å². The molecule has 0 saturated heterocycles. The van der Waals surface area contributed by atoms with Crippen molar-refractivity contribution in [2.75, 3.05) is 24.2 Å². The van der Waals surface area contributed by atoms with Gasteiger partial charge >= 0.3 is 6.03 Å². The number of aliphatic hydroxyl groups is 1. The van der Waals surface area contributed by atoms with Gasteiger partial charge in [0.25, 0.3) is 0 Å². The van der Waals surface area contributed by atoms with Crippen LogP contribution in [0.5, 0.6) is 0 Å². The first kappa shape index (κ1) is 22.4. The number of carbonyl (C=O) groups is 1. The highest BCUT2D eigenvalue weighted by Gasteiger charge is 2.22. The number of aliphatic hydroxyl groups excluding tert-OH is 1. The molecule has 0 aliphatic heterocycles. The summed E-state index contributed by atoms with van der Waals surface area (Å²) in [4.78, 5) is 25.3. The summed E-state index contributed by atoms with van der Waals surface area (Å²) >= 11 is 0. The average Bonchev–Trinajstić information content (AvgIpc) is 2.72. The van der Waals surface area contributed by atoms with Crippen molar-refractivity contribution in [1.82, 2.24) is 20.3 Å². The van der Waals surface area contributed by atoms with E-state index in [2.05, 4.69) is 30.9 Å².